The van der Waals surface area contributed by atoms with E-state index < -0.39 is 0 Å². The zero-order valence-corrected chi connectivity index (χ0v) is 9.33. The number of benzene rings is 1. The van der Waals surface area contributed by atoms with E-state index in [0.717, 1.165) is 18.5 Å². The van der Waals surface area contributed by atoms with Crippen LogP contribution in [-0.2, 0) is 6.54 Å². The molecule has 15 heavy (non-hydrogen) atoms. The maximum absolute atomic E-state index is 9.53. The topological polar surface area (TPSA) is 52.5 Å². The molecule has 0 radical (unpaired) electrons. The molecule has 0 saturated heterocycles. The van der Waals surface area contributed by atoms with Gasteiger partial charge in [-0.1, -0.05) is 32.4 Å². The Morgan fingerprint density at radius 1 is 1.33 bits per heavy atom. The molecule has 0 aromatic heterocycles. The lowest BCUT2D eigenvalue weighted by Crippen LogP contribution is -2.20. The standard InChI is InChI=1S/C12H19NO2/c1-3-9(2)7-13-8-10-5-4-6-11(14)12(10)15/h4-6,9,13-15H,3,7-8H2,1-2H3. The molecule has 84 valence electrons. The van der Waals surface area contributed by atoms with Gasteiger partial charge in [-0.05, 0) is 18.5 Å². The van der Waals surface area contributed by atoms with E-state index in [1.807, 2.05) is 0 Å². The molecule has 3 nitrogen and oxygen atoms in total. The second-order valence-corrected chi connectivity index (χ2v) is 3.93. The van der Waals surface area contributed by atoms with Crippen molar-refractivity contribution in [2.24, 2.45) is 5.92 Å². The van der Waals surface area contributed by atoms with Crippen molar-refractivity contribution >= 4 is 0 Å². The predicted molar refractivity (Wildman–Crippen MR) is 60.9 cm³/mol. The van der Waals surface area contributed by atoms with Gasteiger partial charge < -0.3 is 15.5 Å². The first-order valence-corrected chi connectivity index (χ1v) is 5.35. The molecule has 3 N–H and O–H groups in total. The highest BCUT2D eigenvalue weighted by Gasteiger charge is 2.05. The number of phenols is 2. The average Bonchev–Trinajstić information content (AvgIpc) is 2.24. The van der Waals surface area contributed by atoms with E-state index in [1.54, 1.807) is 12.1 Å². The van der Waals surface area contributed by atoms with Crippen molar-refractivity contribution < 1.29 is 10.2 Å². The fourth-order valence-corrected chi connectivity index (χ4v) is 1.32. The Morgan fingerprint density at radius 2 is 2.07 bits per heavy atom. The molecule has 1 rings (SSSR count). The van der Waals surface area contributed by atoms with Crippen molar-refractivity contribution in [1.82, 2.24) is 5.32 Å². The Balaban J connectivity index is 2.47. The monoisotopic (exact) mass is 209 g/mol. The van der Waals surface area contributed by atoms with Crippen LogP contribution in [-0.4, -0.2) is 16.8 Å². The minimum Gasteiger partial charge on any atom is -0.504 e. The minimum absolute atomic E-state index is 0.0193. The number of hydrogen-bond donors (Lipinski definition) is 3. The highest BCUT2D eigenvalue weighted by atomic mass is 16.3. The summed E-state index contributed by atoms with van der Waals surface area (Å²) in [6, 6.07) is 5.02. The van der Waals surface area contributed by atoms with E-state index in [0.29, 0.717) is 12.5 Å². The number of rotatable bonds is 5. The quantitative estimate of drug-likeness (QED) is 0.652. The van der Waals surface area contributed by atoms with Gasteiger partial charge in [-0.15, -0.1) is 0 Å². The summed E-state index contributed by atoms with van der Waals surface area (Å²) in [7, 11) is 0. The molecule has 0 amide bonds. The van der Waals surface area contributed by atoms with Gasteiger partial charge in [0.2, 0.25) is 0 Å². The van der Waals surface area contributed by atoms with E-state index in [1.165, 1.54) is 6.07 Å². The Labute approximate surface area is 90.8 Å². The lowest BCUT2D eigenvalue weighted by Gasteiger charge is -2.11. The Hall–Kier alpha value is -1.22. The first-order valence-electron chi connectivity index (χ1n) is 5.35. The van der Waals surface area contributed by atoms with Crippen molar-refractivity contribution in [2.75, 3.05) is 6.54 Å². The van der Waals surface area contributed by atoms with Crippen LogP contribution in [0.2, 0.25) is 0 Å². The van der Waals surface area contributed by atoms with Crippen molar-refractivity contribution in [2.45, 2.75) is 26.8 Å². The molecule has 1 aromatic rings. The van der Waals surface area contributed by atoms with Gasteiger partial charge in [-0.3, -0.25) is 0 Å². The van der Waals surface area contributed by atoms with Gasteiger partial charge in [0.05, 0.1) is 0 Å². The Bertz CT molecular complexity index is 312. The molecule has 0 aliphatic heterocycles. The highest BCUT2D eigenvalue weighted by molar-refractivity contribution is 5.44. The zero-order valence-electron chi connectivity index (χ0n) is 9.33. The van der Waals surface area contributed by atoms with Crippen LogP contribution in [0.4, 0.5) is 0 Å². The van der Waals surface area contributed by atoms with Crippen molar-refractivity contribution in [1.29, 1.82) is 0 Å². The summed E-state index contributed by atoms with van der Waals surface area (Å²) in [4.78, 5) is 0. The molecule has 1 aromatic carbocycles. The Morgan fingerprint density at radius 3 is 2.73 bits per heavy atom. The highest BCUT2D eigenvalue weighted by Crippen LogP contribution is 2.27. The first-order chi connectivity index (χ1) is 7.15. The van der Waals surface area contributed by atoms with Crippen LogP contribution in [0.3, 0.4) is 0 Å². The van der Waals surface area contributed by atoms with E-state index in [4.69, 9.17) is 0 Å². The Kier molecular flexibility index (Phi) is 4.43. The van der Waals surface area contributed by atoms with Gasteiger partial charge in [-0.25, -0.2) is 0 Å². The predicted octanol–water partition coefficient (Wildman–Crippen LogP) is 2.23. The molecule has 1 unspecified atom stereocenters. The van der Waals surface area contributed by atoms with Crippen LogP contribution in [0.15, 0.2) is 18.2 Å². The van der Waals surface area contributed by atoms with Gasteiger partial charge in [0.25, 0.3) is 0 Å². The molecule has 0 spiro atoms. The third kappa shape index (κ3) is 3.44. The maximum Gasteiger partial charge on any atom is 0.161 e. The minimum atomic E-state index is -0.0576. The molecule has 0 aliphatic carbocycles. The fourth-order valence-electron chi connectivity index (χ4n) is 1.32. The van der Waals surface area contributed by atoms with Crippen molar-refractivity contribution in [3.05, 3.63) is 23.8 Å². The van der Waals surface area contributed by atoms with Gasteiger partial charge in [0.1, 0.15) is 0 Å². The molecular weight excluding hydrogens is 190 g/mol. The van der Waals surface area contributed by atoms with Crippen molar-refractivity contribution in [3.8, 4) is 11.5 Å². The van der Waals surface area contributed by atoms with Crippen molar-refractivity contribution in [3.63, 3.8) is 0 Å². The van der Waals surface area contributed by atoms with Crippen LogP contribution < -0.4 is 5.32 Å². The first kappa shape index (κ1) is 11.9. The second kappa shape index (κ2) is 5.61. The molecule has 0 fully saturated rings. The molecular formula is C12H19NO2. The molecule has 0 saturated carbocycles. The zero-order chi connectivity index (χ0) is 11.3. The number of phenolic OH excluding ortho intramolecular Hbond substituents is 2. The normalized spacial score (nSPS) is 12.7. The molecule has 3 heteroatoms. The molecule has 1 atom stereocenters. The largest absolute Gasteiger partial charge is 0.504 e. The van der Waals surface area contributed by atoms with E-state index in [2.05, 4.69) is 19.2 Å². The maximum atomic E-state index is 9.53. The molecule has 0 heterocycles. The third-order valence-corrected chi connectivity index (χ3v) is 2.60. The van der Waals surface area contributed by atoms with Crippen LogP contribution in [0.25, 0.3) is 0 Å². The molecule has 0 bridgehead atoms. The van der Waals surface area contributed by atoms with Crippen LogP contribution in [0.5, 0.6) is 11.5 Å². The summed E-state index contributed by atoms with van der Waals surface area (Å²) >= 11 is 0. The van der Waals surface area contributed by atoms with Crippen LogP contribution >= 0.6 is 0 Å². The van der Waals surface area contributed by atoms with Gasteiger partial charge in [0.15, 0.2) is 11.5 Å². The number of para-hydroxylation sites is 1. The van der Waals surface area contributed by atoms with Gasteiger partial charge >= 0.3 is 0 Å². The lowest BCUT2D eigenvalue weighted by atomic mass is 10.1. The number of nitrogens with one attached hydrogen (secondary N) is 1. The second-order valence-electron chi connectivity index (χ2n) is 3.93. The summed E-state index contributed by atoms with van der Waals surface area (Å²) in [5.74, 6) is 0.552. The van der Waals surface area contributed by atoms with Gasteiger partial charge in [0, 0.05) is 12.1 Å². The summed E-state index contributed by atoms with van der Waals surface area (Å²) in [6.07, 6.45) is 1.14. The lowest BCUT2D eigenvalue weighted by molar-refractivity contribution is 0.396. The van der Waals surface area contributed by atoms with E-state index >= 15 is 0 Å². The number of aromatic hydroxyl groups is 2. The summed E-state index contributed by atoms with van der Waals surface area (Å²) in [5, 5.41) is 22.1. The SMILES string of the molecule is CCC(C)CNCc1cccc(O)c1O. The van der Waals surface area contributed by atoms with Crippen LogP contribution in [0, 0.1) is 5.92 Å². The van der Waals surface area contributed by atoms with Crippen LogP contribution in [0.1, 0.15) is 25.8 Å². The molecule has 0 aliphatic rings. The van der Waals surface area contributed by atoms with E-state index in [9.17, 15) is 10.2 Å². The van der Waals surface area contributed by atoms with E-state index in [-0.39, 0.29) is 11.5 Å². The summed E-state index contributed by atoms with van der Waals surface area (Å²) in [5.41, 5.74) is 0.735. The summed E-state index contributed by atoms with van der Waals surface area (Å²) in [6.45, 7) is 5.84. The van der Waals surface area contributed by atoms with Gasteiger partial charge in [-0.2, -0.15) is 0 Å². The average molecular weight is 209 g/mol. The third-order valence-electron chi connectivity index (χ3n) is 2.60. The summed E-state index contributed by atoms with van der Waals surface area (Å²) < 4.78 is 0. The number of hydrogen-bond acceptors (Lipinski definition) is 3. The smallest absolute Gasteiger partial charge is 0.161 e. The fraction of sp³-hybridized carbons (Fsp3) is 0.500.